The van der Waals surface area contributed by atoms with E-state index in [2.05, 4.69) is 0 Å². The lowest BCUT2D eigenvalue weighted by Crippen LogP contribution is -2.09. The Morgan fingerprint density at radius 3 is 2.35 bits per heavy atom. The van der Waals surface area contributed by atoms with E-state index in [-0.39, 0.29) is 0 Å². The average molecular weight is 270 g/mol. The monoisotopic (exact) mass is 270 g/mol. The molecule has 0 aromatic heterocycles. The van der Waals surface area contributed by atoms with Gasteiger partial charge in [-0.15, -0.1) is 0 Å². The van der Waals surface area contributed by atoms with Gasteiger partial charge in [0.1, 0.15) is 0 Å². The van der Waals surface area contributed by atoms with Gasteiger partial charge in [-0.05, 0) is 23.6 Å². The topological polar surface area (TPSA) is 57.5 Å². The summed E-state index contributed by atoms with van der Waals surface area (Å²) in [6.07, 6.45) is -0.107. The third kappa shape index (κ3) is 3.45. The fourth-order valence-corrected chi connectivity index (χ4v) is 2.13. The van der Waals surface area contributed by atoms with Crippen molar-refractivity contribution in [1.29, 1.82) is 0 Å². The molecule has 0 amide bonds. The molecule has 2 aromatic rings. The Hall–Kier alpha value is -2.13. The van der Waals surface area contributed by atoms with E-state index in [0.29, 0.717) is 12.0 Å². The van der Waals surface area contributed by atoms with Crippen LogP contribution in [0.1, 0.15) is 35.6 Å². The van der Waals surface area contributed by atoms with Gasteiger partial charge >= 0.3 is 5.97 Å². The third-order valence-corrected chi connectivity index (χ3v) is 3.44. The molecule has 20 heavy (non-hydrogen) atoms. The Morgan fingerprint density at radius 2 is 1.70 bits per heavy atom. The van der Waals surface area contributed by atoms with E-state index in [1.165, 1.54) is 0 Å². The number of aliphatic hydroxyl groups is 1. The minimum absolute atomic E-state index is 0.520. The minimum Gasteiger partial charge on any atom is -0.481 e. The summed E-state index contributed by atoms with van der Waals surface area (Å²) in [5, 5.41) is 19.3. The number of carbonyl (C=O) groups is 1. The number of aliphatic hydroxyl groups excluding tert-OH is 1. The molecule has 2 N–H and O–H groups in total. The molecule has 3 heteroatoms. The highest BCUT2D eigenvalue weighted by Gasteiger charge is 2.16. The molecule has 0 aliphatic carbocycles. The van der Waals surface area contributed by atoms with Gasteiger partial charge in [-0.1, -0.05) is 54.6 Å². The molecule has 0 heterocycles. The maximum Gasteiger partial charge on any atom is 0.310 e. The zero-order valence-electron chi connectivity index (χ0n) is 11.4. The fourth-order valence-electron chi connectivity index (χ4n) is 2.13. The number of aliphatic carboxylic acids is 1. The Kier molecular flexibility index (Phi) is 4.53. The molecule has 3 nitrogen and oxygen atoms in total. The quantitative estimate of drug-likeness (QED) is 0.877. The number of carboxylic acids is 1. The second-order valence-corrected chi connectivity index (χ2v) is 4.94. The van der Waals surface area contributed by atoms with Gasteiger partial charge in [-0.3, -0.25) is 4.79 Å². The average Bonchev–Trinajstić information content (AvgIpc) is 2.47. The Labute approximate surface area is 118 Å². The lowest BCUT2D eigenvalue weighted by atomic mass is 9.95. The summed E-state index contributed by atoms with van der Waals surface area (Å²) in [6.45, 7) is 1.64. The molecule has 2 rings (SSSR count). The molecule has 0 radical (unpaired) electrons. The number of hydrogen-bond acceptors (Lipinski definition) is 2. The lowest BCUT2D eigenvalue weighted by Gasteiger charge is -2.14. The molecule has 2 unspecified atom stereocenters. The van der Waals surface area contributed by atoms with E-state index in [0.717, 1.165) is 11.1 Å². The summed E-state index contributed by atoms with van der Waals surface area (Å²) < 4.78 is 0. The summed E-state index contributed by atoms with van der Waals surface area (Å²) >= 11 is 0. The maximum absolute atomic E-state index is 11.0. The molecule has 2 atom stereocenters. The highest BCUT2D eigenvalue weighted by Crippen LogP contribution is 2.23. The molecular formula is C17H18O3. The second-order valence-electron chi connectivity index (χ2n) is 4.94. The van der Waals surface area contributed by atoms with Gasteiger partial charge in [0.15, 0.2) is 0 Å². The fraction of sp³-hybridized carbons (Fsp3) is 0.235. The van der Waals surface area contributed by atoms with Crippen LogP contribution in [0.3, 0.4) is 0 Å². The molecule has 0 aliphatic heterocycles. The van der Waals surface area contributed by atoms with Crippen molar-refractivity contribution in [3.63, 3.8) is 0 Å². The molecule has 104 valence electrons. The highest BCUT2D eigenvalue weighted by atomic mass is 16.4. The predicted molar refractivity (Wildman–Crippen MR) is 77.6 cm³/mol. The van der Waals surface area contributed by atoms with Crippen LogP contribution >= 0.6 is 0 Å². The lowest BCUT2D eigenvalue weighted by molar-refractivity contribution is -0.138. The molecule has 0 fully saturated rings. The van der Waals surface area contributed by atoms with Gasteiger partial charge in [-0.2, -0.15) is 0 Å². The number of rotatable bonds is 5. The summed E-state index contributed by atoms with van der Waals surface area (Å²) in [7, 11) is 0. The van der Waals surface area contributed by atoms with Crippen LogP contribution in [-0.4, -0.2) is 16.2 Å². The molecule has 0 saturated heterocycles. The van der Waals surface area contributed by atoms with Crippen LogP contribution in [0.2, 0.25) is 0 Å². The predicted octanol–water partition coefficient (Wildman–Crippen LogP) is 3.15. The van der Waals surface area contributed by atoms with Crippen LogP contribution in [0.4, 0.5) is 0 Å². The molecule has 0 bridgehead atoms. The van der Waals surface area contributed by atoms with Crippen molar-refractivity contribution in [3.05, 3.63) is 71.3 Å². The summed E-state index contributed by atoms with van der Waals surface area (Å²) in [5.41, 5.74) is 2.51. The molecule has 0 aliphatic rings. The number of hydrogen-bond donors (Lipinski definition) is 2. The van der Waals surface area contributed by atoms with Crippen molar-refractivity contribution in [3.8, 4) is 0 Å². The first-order valence-corrected chi connectivity index (χ1v) is 6.62. The van der Waals surface area contributed by atoms with Crippen molar-refractivity contribution < 1.29 is 15.0 Å². The molecule has 2 aromatic carbocycles. The summed E-state index contributed by atoms with van der Waals surface area (Å²) in [5.74, 6) is -1.43. The largest absolute Gasteiger partial charge is 0.481 e. The zero-order valence-corrected chi connectivity index (χ0v) is 11.4. The molecule has 0 spiro atoms. The van der Waals surface area contributed by atoms with Gasteiger partial charge in [0, 0.05) is 6.42 Å². The van der Waals surface area contributed by atoms with Gasteiger partial charge in [-0.25, -0.2) is 0 Å². The Balaban J connectivity index is 2.16. The first-order chi connectivity index (χ1) is 9.58. The van der Waals surface area contributed by atoms with Crippen molar-refractivity contribution in [2.45, 2.75) is 25.4 Å². The zero-order chi connectivity index (χ0) is 14.5. The Morgan fingerprint density at radius 1 is 1.05 bits per heavy atom. The number of benzene rings is 2. The number of carboxylic acid groups (broad SMARTS) is 1. The van der Waals surface area contributed by atoms with E-state index >= 15 is 0 Å². The van der Waals surface area contributed by atoms with Crippen LogP contribution in [0, 0.1) is 0 Å². The van der Waals surface area contributed by atoms with Gasteiger partial charge in [0.25, 0.3) is 0 Å². The third-order valence-electron chi connectivity index (χ3n) is 3.44. The second kappa shape index (κ2) is 6.35. The standard InChI is InChI=1S/C17H18O3/c1-12(17(19)20)14-8-5-9-15(11-14)16(18)10-13-6-3-2-4-7-13/h2-9,11-12,16,18H,10H2,1H3,(H,19,20). The first kappa shape index (κ1) is 14.3. The van der Waals surface area contributed by atoms with E-state index in [1.807, 2.05) is 36.4 Å². The summed E-state index contributed by atoms with van der Waals surface area (Å²) in [4.78, 5) is 11.0. The van der Waals surface area contributed by atoms with Gasteiger partial charge in [0.05, 0.1) is 12.0 Å². The van der Waals surface area contributed by atoms with E-state index < -0.39 is 18.0 Å². The van der Waals surface area contributed by atoms with Crippen LogP contribution < -0.4 is 0 Å². The van der Waals surface area contributed by atoms with Crippen molar-refractivity contribution >= 4 is 5.97 Å². The highest BCUT2D eigenvalue weighted by molar-refractivity contribution is 5.75. The van der Waals surface area contributed by atoms with Crippen LogP contribution in [0.5, 0.6) is 0 Å². The van der Waals surface area contributed by atoms with Crippen molar-refractivity contribution in [2.24, 2.45) is 0 Å². The van der Waals surface area contributed by atoms with E-state index in [9.17, 15) is 9.90 Å². The molecule has 0 saturated carbocycles. The SMILES string of the molecule is CC(C(=O)O)c1cccc(C(O)Cc2ccccc2)c1. The normalized spacial score (nSPS) is 13.7. The smallest absolute Gasteiger partial charge is 0.310 e. The van der Waals surface area contributed by atoms with Crippen molar-refractivity contribution in [1.82, 2.24) is 0 Å². The van der Waals surface area contributed by atoms with Crippen molar-refractivity contribution in [2.75, 3.05) is 0 Å². The van der Waals surface area contributed by atoms with Crippen LogP contribution in [0.25, 0.3) is 0 Å². The van der Waals surface area contributed by atoms with Crippen LogP contribution in [0.15, 0.2) is 54.6 Å². The first-order valence-electron chi connectivity index (χ1n) is 6.62. The Bertz CT molecular complexity index is 578. The summed E-state index contributed by atoms with van der Waals surface area (Å²) in [6, 6.07) is 16.9. The van der Waals surface area contributed by atoms with E-state index in [1.54, 1.807) is 25.1 Å². The van der Waals surface area contributed by atoms with Gasteiger partial charge in [0.2, 0.25) is 0 Å². The van der Waals surface area contributed by atoms with E-state index in [4.69, 9.17) is 5.11 Å². The van der Waals surface area contributed by atoms with Crippen LogP contribution in [-0.2, 0) is 11.2 Å². The minimum atomic E-state index is -0.861. The maximum atomic E-state index is 11.0. The molecular weight excluding hydrogens is 252 g/mol. The van der Waals surface area contributed by atoms with Gasteiger partial charge < -0.3 is 10.2 Å².